The van der Waals surface area contributed by atoms with Gasteiger partial charge in [-0.3, -0.25) is 4.79 Å². The number of nitrogens with zero attached hydrogens (tertiary/aromatic N) is 3. The smallest absolute Gasteiger partial charge is 0.338 e. The van der Waals surface area contributed by atoms with Gasteiger partial charge in [-0.05, 0) is 49.7 Å². The summed E-state index contributed by atoms with van der Waals surface area (Å²) in [6.07, 6.45) is 2.26. The monoisotopic (exact) mass is 364 g/mol. The molecule has 1 heterocycles. The van der Waals surface area contributed by atoms with Crippen LogP contribution in [0.25, 0.3) is 5.69 Å². The number of carbonyl (C=O) groups is 2. The largest absolute Gasteiger partial charge is 0.462 e. The molecule has 0 unspecified atom stereocenters. The molecule has 138 valence electrons. The fraction of sp³-hybridized carbons (Fsp3) is 0.200. The van der Waals surface area contributed by atoms with Gasteiger partial charge in [0.05, 0.1) is 17.9 Å². The van der Waals surface area contributed by atoms with Crippen LogP contribution in [0.1, 0.15) is 39.9 Å². The van der Waals surface area contributed by atoms with Gasteiger partial charge in [-0.1, -0.05) is 24.6 Å². The molecule has 1 aromatic heterocycles. The van der Waals surface area contributed by atoms with Gasteiger partial charge >= 0.3 is 5.97 Å². The number of aryl methyl sites for hydroxylation is 1. The lowest BCUT2D eigenvalue weighted by atomic mass is 10.2. The van der Waals surface area contributed by atoms with Gasteiger partial charge in [0.1, 0.15) is 6.33 Å². The van der Waals surface area contributed by atoms with Gasteiger partial charge in [-0.2, -0.15) is 0 Å². The Balaban J connectivity index is 1.65. The summed E-state index contributed by atoms with van der Waals surface area (Å²) in [7, 11) is 0. The van der Waals surface area contributed by atoms with E-state index in [4.69, 9.17) is 4.74 Å². The summed E-state index contributed by atoms with van der Waals surface area (Å²) < 4.78 is 6.61. The molecule has 0 fully saturated rings. The van der Waals surface area contributed by atoms with Crippen LogP contribution in [-0.2, 0) is 4.74 Å². The molecule has 27 heavy (non-hydrogen) atoms. The first-order valence-corrected chi connectivity index (χ1v) is 8.64. The maximum absolute atomic E-state index is 12.3. The number of nitrogens with one attached hydrogen (secondary N) is 1. The van der Waals surface area contributed by atoms with Gasteiger partial charge in [-0.15, -0.1) is 5.10 Å². The van der Waals surface area contributed by atoms with Crippen molar-refractivity contribution in [3.63, 3.8) is 0 Å². The minimum atomic E-state index is -0.429. The fourth-order valence-electron chi connectivity index (χ4n) is 2.34. The van der Waals surface area contributed by atoms with Crippen LogP contribution in [-0.4, -0.2) is 33.2 Å². The Labute approximate surface area is 157 Å². The van der Waals surface area contributed by atoms with Crippen LogP contribution >= 0.6 is 0 Å². The van der Waals surface area contributed by atoms with Crippen molar-refractivity contribution in [3.8, 4) is 5.69 Å². The standard InChI is InChI=1S/C20H20N4O3/c1-3-12-27-20(26)15-6-8-16(9-7-15)22-19(25)18-21-13-24(23-18)17-10-4-14(2)5-11-17/h4-11,13H,3,12H2,1-2H3,(H,22,25). The van der Waals surface area contributed by atoms with Crippen molar-refractivity contribution in [1.82, 2.24) is 14.8 Å². The van der Waals surface area contributed by atoms with Crippen LogP contribution < -0.4 is 5.32 Å². The number of hydrogen-bond donors (Lipinski definition) is 1. The number of aromatic nitrogens is 3. The Morgan fingerprint density at radius 2 is 1.78 bits per heavy atom. The van der Waals surface area contributed by atoms with Crippen LogP contribution in [0.3, 0.4) is 0 Å². The van der Waals surface area contributed by atoms with Crippen LogP contribution in [0.2, 0.25) is 0 Å². The molecule has 0 aliphatic rings. The molecule has 1 amide bonds. The third-order valence-corrected chi connectivity index (χ3v) is 3.81. The van der Waals surface area contributed by atoms with Gasteiger partial charge in [0.25, 0.3) is 5.91 Å². The molecule has 1 N–H and O–H groups in total. The predicted octanol–water partition coefficient (Wildman–Crippen LogP) is 3.39. The van der Waals surface area contributed by atoms with E-state index < -0.39 is 5.91 Å². The number of amides is 1. The van der Waals surface area contributed by atoms with E-state index in [-0.39, 0.29) is 11.8 Å². The zero-order chi connectivity index (χ0) is 19.2. The lowest BCUT2D eigenvalue weighted by Crippen LogP contribution is -2.14. The molecule has 0 atom stereocenters. The molecule has 3 rings (SSSR count). The van der Waals surface area contributed by atoms with Gasteiger partial charge in [0.2, 0.25) is 5.82 Å². The molecule has 0 bridgehead atoms. The van der Waals surface area contributed by atoms with Gasteiger partial charge in [0, 0.05) is 5.69 Å². The molecule has 0 saturated carbocycles. The highest BCUT2D eigenvalue weighted by molar-refractivity contribution is 6.01. The van der Waals surface area contributed by atoms with Gasteiger partial charge in [-0.25, -0.2) is 14.5 Å². The van der Waals surface area contributed by atoms with Crippen LogP contribution in [0.4, 0.5) is 5.69 Å². The number of esters is 1. The highest BCUT2D eigenvalue weighted by Crippen LogP contribution is 2.12. The SMILES string of the molecule is CCCOC(=O)c1ccc(NC(=O)c2ncn(-c3ccc(C)cc3)n2)cc1. The molecule has 0 aliphatic heterocycles. The van der Waals surface area contributed by atoms with Crippen molar-refractivity contribution < 1.29 is 14.3 Å². The Morgan fingerprint density at radius 3 is 2.44 bits per heavy atom. The Hall–Kier alpha value is -3.48. The molecule has 7 nitrogen and oxygen atoms in total. The Morgan fingerprint density at radius 1 is 1.07 bits per heavy atom. The topological polar surface area (TPSA) is 86.1 Å². The molecule has 0 spiro atoms. The van der Waals surface area contributed by atoms with E-state index in [1.54, 1.807) is 28.9 Å². The molecule has 0 aliphatic carbocycles. The van der Waals surface area contributed by atoms with Crippen molar-refractivity contribution in [2.45, 2.75) is 20.3 Å². The zero-order valence-corrected chi connectivity index (χ0v) is 15.2. The quantitative estimate of drug-likeness (QED) is 0.678. The average molecular weight is 364 g/mol. The molecule has 7 heteroatoms. The fourth-order valence-corrected chi connectivity index (χ4v) is 2.34. The summed E-state index contributed by atoms with van der Waals surface area (Å²) in [6, 6.07) is 14.2. The van der Waals surface area contributed by atoms with Gasteiger partial charge in [0.15, 0.2) is 0 Å². The summed E-state index contributed by atoms with van der Waals surface area (Å²) in [6.45, 7) is 4.31. The zero-order valence-electron chi connectivity index (χ0n) is 15.2. The number of ether oxygens (including phenoxy) is 1. The van der Waals surface area contributed by atoms with Crippen LogP contribution in [0, 0.1) is 6.92 Å². The minimum absolute atomic E-state index is 0.0574. The first-order chi connectivity index (χ1) is 13.1. The third-order valence-electron chi connectivity index (χ3n) is 3.81. The summed E-state index contributed by atoms with van der Waals surface area (Å²) in [5.41, 5.74) is 2.93. The summed E-state index contributed by atoms with van der Waals surface area (Å²) in [4.78, 5) is 28.2. The number of rotatable bonds is 6. The number of anilines is 1. The van der Waals surface area contributed by atoms with E-state index in [1.807, 2.05) is 38.1 Å². The maximum atomic E-state index is 12.3. The molecule has 2 aromatic carbocycles. The number of carbonyl (C=O) groups excluding carboxylic acids is 2. The first-order valence-electron chi connectivity index (χ1n) is 8.64. The highest BCUT2D eigenvalue weighted by Gasteiger charge is 2.13. The first kappa shape index (κ1) is 18.3. The predicted molar refractivity (Wildman–Crippen MR) is 101 cm³/mol. The van der Waals surface area contributed by atoms with Gasteiger partial charge < -0.3 is 10.1 Å². The highest BCUT2D eigenvalue weighted by atomic mass is 16.5. The van der Waals surface area contributed by atoms with Crippen molar-refractivity contribution in [2.75, 3.05) is 11.9 Å². The molecule has 3 aromatic rings. The second-order valence-electron chi connectivity index (χ2n) is 6.02. The summed E-state index contributed by atoms with van der Waals surface area (Å²) >= 11 is 0. The summed E-state index contributed by atoms with van der Waals surface area (Å²) in [5, 5.41) is 6.92. The van der Waals surface area contributed by atoms with E-state index >= 15 is 0 Å². The third kappa shape index (κ3) is 4.58. The number of hydrogen-bond acceptors (Lipinski definition) is 5. The van der Waals surface area contributed by atoms with E-state index in [0.29, 0.717) is 17.9 Å². The van der Waals surface area contributed by atoms with Crippen LogP contribution in [0.5, 0.6) is 0 Å². The van der Waals surface area contributed by atoms with E-state index in [1.165, 1.54) is 6.33 Å². The van der Waals surface area contributed by atoms with E-state index in [2.05, 4.69) is 15.4 Å². The van der Waals surface area contributed by atoms with E-state index in [0.717, 1.165) is 17.7 Å². The normalized spacial score (nSPS) is 10.4. The summed E-state index contributed by atoms with van der Waals surface area (Å²) in [5.74, 6) is -0.752. The van der Waals surface area contributed by atoms with Crippen molar-refractivity contribution in [2.24, 2.45) is 0 Å². The Bertz CT molecular complexity index is 931. The molecular formula is C20H20N4O3. The minimum Gasteiger partial charge on any atom is -0.462 e. The second kappa shape index (κ2) is 8.27. The van der Waals surface area contributed by atoms with Crippen LogP contribution in [0.15, 0.2) is 54.9 Å². The molecule has 0 saturated heterocycles. The molecular weight excluding hydrogens is 344 g/mol. The Kier molecular flexibility index (Phi) is 5.61. The van der Waals surface area contributed by atoms with E-state index in [9.17, 15) is 9.59 Å². The van der Waals surface area contributed by atoms with Crippen molar-refractivity contribution in [3.05, 3.63) is 71.8 Å². The average Bonchev–Trinajstić information content (AvgIpc) is 3.17. The molecule has 0 radical (unpaired) electrons. The number of benzene rings is 2. The lowest BCUT2D eigenvalue weighted by molar-refractivity contribution is 0.0505. The lowest BCUT2D eigenvalue weighted by Gasteiger charge is -2.05. The maximum Gasteiger partial charge on any atom is 0.338 e. The van der Waals surface area contributed by atoms with Crippen molar-refractivity contribution >= 4 is 17.6 Å². The second-order valence-corrected chi connectivity index (χ2v) is 6.02. The van der Waals surface area contributed by atoms with Crippen molar-refractivity contribution in [1.29, 1.82) is 0 Å².